The number of benzene rings is 1. The normalized spacial score (nSPS) is 36.9. The summed E-state index contributed by atoms with van der Waals surface area (Å²) in [7, 11) is 0. The minimum atomic E-state index is -0.281. The number of rotatable bonds is 2. The van der Waals surface area contributed by atoms with Crippen LogP contribution in [0, 0.1) is 5.82 Å². The third-order valence-electron chi connectivity index (χ3n) is 3.78. The van der Waals surface area contributed by atoms with Crippen LogP contribution in [0.25, 0.3) is 0 Å². The van der Waals surface area contributed by atoms with E-state index in [4.69, 9.17) is 10.5 Å². The molecule has 3 unspecified atom stereocenters. The molecule has 0 radical (unpaired) electrons. The maximum atomic E-state index is 13.1. The van der Waals surface area contributed by atoms with Crippen molar-refractivity contribution < 1.29 is 9.13 Å². The molecule has 2 fully saturated rings. The number of ether oxygens (including phenoxy) is 1. The topological polar surface area (TPSA) is 35.2 Å². The van der Waals surface area contributed by atoms with E-state index in [1.165, 1.54) is 6.07 Å². The van der Waals surface area contributed by atoms with E-state index in [2.05, 4.69) is 0 Å². The molecule has 2 aliphatic heterocycles. The standard InChI is InChI=1S/C13H16FNO/c14-10-3-1-2-9(6-10)7-13(15)8-11-4-5-12(13)16-11/h1-3,6,11-12H,4-5,7-8,15H2. The van der Waals surface area contributed by atoms with Crippen LogP contribution >= 0.6 is 0 Å². The lowest BCUT2D eigenvalue weighted by Crippen LogP contribution is -2.50. The number of halogens is 1. The van der Waals surface area contributed by atoms with Crippen LogP contribution in [0.1, 0.15) is 24.8 Å². The lowest BCUT2D eigenvalue weighted by Gasteiger charge is -2.31. The Bertz CT molecular complexity index is 409. The molecule has 0 aromatic heterocycles. The predicted molar refractivity (Wildman–Crippen MR) is 59.5 cm³/mol. The highest BCUT2D eigenvalue weighted by Crippen LogP contribution is 2.41. The largest absolute Gasteiger partial charge is 0.373 e. The minimum Gasteiger partial charge on any atom is -0.373 e. The number of nitrogens with two attached hydrogens (primary N) is 1. The van der Waals surface area contributed by atoms with Gasteiger partial charge in [0.25, 0.3) is 0 Å². The van der Waals surface area contributed by atoms with Gasteiger partial charge in [0, 0.05) is 5.54 Å². The van der Waals surface area contributed by atoms with Crippen molar-refractivity contribution in [2.45, 2.75) is 43.4 Å². The molecule has 2 bridgehead atoms. The van der Waals surface area contributed by atoms with E-state index >= 15 is 0 Å². The average Bonchev–Trinajstić information content (AvgIpc) is 2.76. The van der Waals surface area contributed by atoms with Crippen LogP contribution in [0.2, 0.25) is 0 Å². The first kappa shape index (κ1) is 10.2. The van der Waals surface area contributed by atoms with Gasteiger partial charge in [-0.2, -0.15) is 0 Å². The van der Waals surface area contributed by atoms with E-state index < -0.39 is 0 Å². The Morgan fingerprint density at radius 2 is 2.31 bits per heavy atom. The summed E-state index contributed by atoms with van der Waals surface area (Å²) >= 11 is 0. The lowest BCUT2D eigenvalue weighted by molar-refractivity contribution is 0.0856. The molecule has 2 heterocycles. The molecule has 2 saturated heterocycles. The molecule has 3 atom stereocenters. The van der Waals surface area contributed by atoms with Crippen LogP contribution in [-0.2, 0) is 11.2 Å². The molecular formula is C13H16FNO. The number of fused-ring (bicyclic) bond motifs is 2. The average molecular weight is 221 g/mol. The molecule has 0 spiro atoms. The molecule has 0 aliphatic carbocycles. The molecule has 0 saturated carbocycles. The van der Waals surface area contributed by atoms with Crippen LogP contribution in [0.3, 0.4) is 0 Å². The van der Waals surface area contributed by atoms with E-state index in [-0.39, 0.29) is 17.5 Å². The zero-order chi connectivity index (χ0) is 11.2. The number of hydrogen-bond acceptors (Lipinski definition) is 2. The maximum absolute atomic E-state index is 13.1. The third kappa shape index (κ3) is 1.64. The van der Waals surface area contributed by atoms with Gasteiger partial charge in [0.1, 0.15) is 5.82 Å². The molecule has 3 heteroatoms. The third-order valence-corrected chi connectivity index (χ3v) is 3.78. The Kier molecular flexibility index (Phi) is 2.26. The highest BCUT2D eigenvalue weighted by Gasteiger charge is 2.49. The fraction of sp³-hybridized carbons (Fsp3) is 0.538. The molecule has 2 aliphatic rings. The molecule has 1 aromatic carbocycles. The Balaban J connectivity index is 1.79. The van der Waals surface area contributed by atoms with Gasteiger partial charge in [0.2, 0.25) is 0 Å². The summed E-state index contributed by atoms with van der Waals surface area (Å²) in [6, 6.07) is 6.70. The monoisotopic (exact) mass is 221 g/mol. The van der Waals surface area contributed by atoms with Gasteiger partial charge < -0.3 is 10.5 Å². The first-order chi connectivity index (χ1) is 7.66. The van der Waals surface area contributed by atoms with E-state index in [0.29, 0.717) is 12.5 Å². The highest BCUT2D eigenvalue weighted by molar-refractivity contribution is 5.21. The quantitative estimate of drug-likeness (QED) is 0.829. The van der Waals surface area contributed by atoms with E-state index in [1.807, 2.05) is 6.07 Å². The zero-order valence-corrected chi connectivity index (χ0v) is 9.16. The van der Waals surface area contributed by atoms with E-state index in [9.17, 15) is 4.39 Å². The molecule has 86 valence electrons. The minimum absolute atomic E-state index is 0.167. The molecule has 1 aromatic rings. The van der Waals surface area contributed by atoms with Gasteiger partial charge in [-0.3, -0.25) is 0 Å². The van der Waals surface area contributed by atoms with Crippen LogP contribution in [0.4, 0.5) is 4.39 Å². The van der Waals surface area contributed by atoms with Crippen molar-refractivity contribution in [3.63, 3.8) is 0 Å². The summed E-state index contributed by atoms with van der Waals surface area (Å²) < 4.78 is 18.9. The molecule has 16 heavy (non-hydrogen) atoms. The molecule has 0 amide bonds. The lowest BCUT2D eigenvalue weighted by atomic mass is 9.78. The van der Waals surface area contributed by atoms with Crippen LogP contribution in [-0.4, -0.2) is 17.7 Å². The zero-order valence-electron chi connectivity index (χ0n) is 9.16. The Morgan fingerprint density at radius 1 is 1.44 bits per heavy atom. The fourth-order valence-corrected chi connectivity index (χ4v) is 3.05. The van der Waals surface area contributed by atoms with Crippen molar-refractivity contribution in [1.29, 1.82) is 0 Å². The molecule has 2 N–H and O–H groups in total. The second-order valence-corrected chi connectivity index (χ2v) is 5.07. The van der Waals surface area contributed by atoms with Crippen LogP contribution in [0.5, 0.6) is 0 Å². The van der Waals surface area contributed by atoms with Crippen LogP contribution in [0.15, 0.2) is 24.3 Å². The summed E-state index contributed by atoms with van der Waals surface area (Å²) in [5, 5.41) is 0. The van der Waals surface area contributed by atoms with Crippen molar-refractivity contribution in [2.24, 2.45) is 5.73 Å². The van der Waals surface area contributed by atoms with Gasteiger partial charge in [-0.25, -0.2) is 4.39 Å². The van der Waals surface area contributed by atoms with Gasteiger partial charge in [-0.05, 0) is 43.4 Å². The van der Waals surface area contributed by atoms with Crippen molar-refractivity contribution in [3.8, 4) is 0 Å². The molecule has 2 nitrogen and oxygen atoms in total. The summed E-state index contributed by atoms with van der Waals surface area (Å²) in [5.74, 6) is -0.190. The summed E-state index contributed by atoms with van der Waals surface area (Å²) in [6.07, 6.45) is 4.31. The van der Waals surface area contributed by atoms with Crippen molar-refractivity contribution in [2.75, 3.05) is 0 Å². The summed E-state index contributed by atoms with van der Waals surface area (Å²) in [6.45, 7) is 0. The SMILES string of the molecule is NC1(Cc2cccc(F)c2)CC2CCC1O2. The molecule has 3 rings (SSSR count). The second kappa shape index (κ2) is 3.54. The Hall–Kier alpha value is -0.930. The van der Waals surface area contributed by atoms with Gasteiger partial charge in [0.05, 0.1) is 12.2 Å². The summed E-state index contributed by atoms with van der Waals surface area (Å²) in [4.78, 5) is 0. The first-order valence-electron chi connectivity index (χ1n) is 5.84. The highest BCUT2D eigenvalue weighted by atomic mass is 19.1. The van der Waals surface area contributed by atoms with Gasteiger partial charge >= 0.3 is 0 Å². The Morgan fingerprint density at radius 3 is 2.94 bits per heavy atom. The van der Waals surface area contributed by atoms with Gasteiger partial charge in [0.15, 0.2) is 0 Å². The van der Waals surface area contributed by atoms with Gasteiger partial charge in [-0.15, -0.1) is 0 Å². The van der Waals surface area contributed by atoms with Crippen molar-refractivity contribution >= 4 is 0 Å². The fourth-order valence-electron chi connectivity index (χ4n) is 3.05. The van der Waals surface area contributed by atoms with E-state index in [1.54, 1.807) is 12.1 Å². The van der Waals surface area contributed by atoms with Crippen molar-refractivity contribution in [1.82, 2.24) is 0 Å². The number of hydrogen-bond donors (Lipinski definition) is 1. The predicted octanol–water partition coefficient (Wildman–Crippen LogP) is 2.02. The smallest absolute Gasteiger partial charge is 0.123 e. The maximum Gasteiger partial charge on any atom is 0.123 e. The molecular weight excluding hydrogens is 205 g/mol. The Labute approximate surface area is 94.6 Å². The van der Waals surface area contributed by atoms with Crippen molar-refractivity contribution in [3.05, 3.63) is 35.6 Å². The second-order valence-electron chi connectivity index (χ2n) is 5.07. The van der Waals surface area contributed by atoms with Gasteiger partial charge in [-0.1, -0.05) is 12.1 Å². The summed E-state index contributed by atoms with van der Waals surface area (Å²) in [5.41, 5.74) is 7.07. The first-order valence-corrected chi connectivity index (χ1v) is 5.84. The van der Waals surface area contributed by atoms with Crippen LogP contribution < -0.4 is 5.73 Å². The van der Waals surface area contributed by atoms with E-state index in [0.717, 1.165) is 24.8 Å².